The number of carbonyl (C=O) groups is 2. The summed E-state index contributed by atoms with van der Waals surface area (Å²) in [6.45, 7) is 6.37. The molecule has 8 heteroatoms. The summed E-state index contributed by atoms with van der Waals surface area (Å²) in [6.07, 6.45) is 8.07. The highest BCUT2D eigenvalue weighted by Gasteiger charge is 2.29. The van der Waals surface area contributed by atoms with E-state index in [4.69, 9.17) is 14.1 Å². The summed E-state index contributed by atoms with van der Waals surface area (Å²) in [5.74, 6) is 0.642. The largest absolute Gasteiger partial charge is 0.494 e. The van der Waals surface area contributed by atoms with Crippen LogP contribution in [0.5, 0.6) is 5.88 Å². The second-order valence-electron chi connectivity index (χ2n) is 10.8. The monoisotopic (exact) mass is 543 g/mol. The van der Waals surface area contributed by atoms with E-state index in [0.29, 0.717) is 56.9 Å². The number of pyridine rings is 1. The molecule has 8 nitrogen and oxygen atoms in total. The summed E-state index contributed by atoms with van der Waals surface area (Å²) in [5.41, 5.74) is 4.30. The second-order valence-corrected chi connectivity index (χ2v) is 10.8. The van der Waals surface area contributed by atoms with Gasteiger partial charge in [0.2, 0.25) is 0 Å². The van der Waals surface area contributed by atoms with Crippen molar-refractivity contribution in [1.82, 2.24) is 15.3 Å². The van der Waals surface area contributed by atoms with Crippen molar-refractivity contribution in [3.63, 3.8) is 0 Å². The van der Waals surface area contributed by atoms with Gasteiger partial charge in [0.15, 0.2) is 5.88 Å². The zero-order valence-corrected chi connectivity index (χ0v) is 23.4. The lowest BCUT2D eigenvalue weighted by atomic mass is 9.91. The van der Waals surface area contributed by atoms with Crippen LogP contribution in [-0.4, -0.2) is 33.6 Å². The third kappa shape index (κ3) is 5.62. The first-order valence-electron chi connectivity index (χ1n) is 14.2. The maximum Gasteiger partial charge on any atom is 0.340 e. The number of furan rings is 1. The predicted molar refractivity (Wildman–Crippen MR) is 153 cm³/mol. The minimum atomic E-state index is -0.458. The highest BCUT2D eigenvalue weighted by Crippen LogP contribution is 2.42. The van der Waals surface area contributed by atoms with Gasteiger partial charge in [-0.05, 0) is 61.4 Å². The Labute approximate surface area is 234 Å². The fourth-order valence-corrected chi connectivity index (χ4v) is 5.73. The average Bonchev–Trinajstić information content (AvgIpc) is 3.72. The standard InChI is InChI=1S/C32H37N3O5/c1-4-39-32(38)26-24(16-11-20-8-5-6-9-20)34-29-27(31(37)35-28(29)19(2)3)25(26)21-12-14-22(15-13-21)30(36)33-18-23-10-7-17-40-23/h7,10,12-15,17,19-20,35,37H,4-6,8-9,11,16,18H2,1-3H3,(H,33,36). The molecule has 0 saturated heterocycles. The first kappa shape index (κ1) is 27.5. The molecule has 0 aliphatic heterocycles. The SMILES string of the molecule is CCOC(=O)c1c(CCC2CCCC2)nc2c(C(C)C)[nH]c(O)c2c1-c1ccc(C(=O)NCc2ccco2)cc1. The molecule has 0 radical (unpaired) electrons. The molecule has 0 spiro atoms. The molecule has 5 rings (SSSR count). The number of rotatable bonds is 10. The van der Waals surface area contributed by atoms with E-state index in [1.165, 1.54) is 25.7 Å². The van der Waals surface area contributed by atoms with Crippen molar-refractivity contribution in [2.45, 2.75) is 71.8 Å². The topological polar surface area (TPSA) is 117 Å². The number of hydrogen-bond acceptors (Lipinski definition) is 6. The number of H-pyrrole nitrogens is 1. The number of fused-ring (bicyclic) bond motifs is 1. The smallest absolute Gasteiger partial charge is 0.340 e. The Morgan fingerprint density at radius 1 is 1.18 bits per heavy atom. The van der Waals surface area contributed by atoms with Gasteiger partial charge in [-0.1, -0.05) is 51.7 Å². The normalized spacial score (nSPS) is 13.8. The molecule has 1 aromatic carbocycles. The third-order valence-corrected chi connectivity index (χ3v) is 7.78. The first-order chi connectivity index (χ1) is 19.4. The van der Waals surface area contributed by atoms with E-state index in [0.717, 1.165) is 12.1 Å². The molecule has 0 atom stereocenters. The number of nitrogens with zero attached hydrogens (tertiary/aromatic N) is 1. The van der Waals surface area contributed by atoms with Crippen LogP contribution >= 0.6 is 0 Å². The van der Waals surface area contributed by atoms with Crippen LogP contribution in [0.15, 0.2) is 47.1 Å². The van der Waals surface area contributed by atoms with Crippen LogP contribution in [0.25, 0.3) is 22.0 Å². The number of aromatic nitrogens is 2. The lowest BCUT2D eigenvalue weighted by molar-refractivity contribution is 0.0525. The van der Waals surface area contributed by atoms with Crippen molar-refractivity contribution in [2.24, 2.45) is 5.92 Å². The Hall–Kier alpha value is -4.07. The highest BCUT2D eigenvalue weighted by atomic mass is 16.5. The van der Waals surface area contributed by atoms with E-state index in [1.54, 1.807) is 37.5 Å². The zero-order chi connectivity index (χ0) is 28.2. The third-order valence-electron chi connectivity index (χ3n) is 7.78. The van der Waals surface area contributed by atoms with Crippen molar-refractivity contribution in [3.05, 3.63) is 70.9 Å². The van der Waals surface area contributed by atoms with Gasteiger partial charge >= 0.3 is 5.97 Å². The Bertz CT molecular complexity index is 1480. The number of carbonyl (C=O) groups excluding carboxylic acids is 2. The quantitative estimate of drug-likeness (QED) is 0.188. The number of aromatic amines is 1. The molecule has 1 aliphatic rings. The number of aromatic hydroxyl groups is 1. The van der Waals surface area contributed by atoms with Crippen molar-refractivity contribution in [1.29, 1.82) is 0 Å². The fraction of sp³-hybridized carbons (Fsp3) is 0.406. The van der Waals surface area contributed by atoms with Crippen LogP contribution in [0.3, 0.4) is 0 Å². The van der Waals surface area contributed by atoms with E-state index in [-0.39, 0.29) is 30.9 Å². The predicted octanol–water partition coefficient (Wildman–Crippen LogP) is 6.88. The number of ether oxygens (including phenoxy) is 1. The van der Waals surface area contributed by atoms with Gasteiger partial charge in [-0.3, -0.25) is 4.79 Å². The van der Waals surface area contributed by atoms with Crippen molar-refractivity contribution in [3.8, 4) is 17.0 Å². The van der Waals surface area contributed by atoms with Crippen LogP contribution in [0.1, 0.15) is 96.7 Å². The molecule has 1 saturated carbocycles. The van der Waals surface area contributed by atoms with E-state index in [9.17, 15) is 14.7 Å². The fourth-order valence-electron chi connectivity index (χ4n) is 5.73. The first-order valence-corrected chi connectivity index (χ1v) is 14.2. The van der Waals surface area contributed by atoms with E-state index in [2.05, 4.69) is 10.3 Å². The lowest BCUT2D eigenvalue weighted by Crippen LogP contribution is -2.22. The van der Waals surface area contributed by atoms with Gasteiger partial charge < -0.3 is 24.6 Å². The summed E-state index contributed by atoms with van der Waals surface area (Å²) in [4.78, 5) is 34.4. The van der Waals surface area contributed by atoms with Crippen molar-refractivity contribution < 1.29 is 23.8 Å². The van der Waals surface area contributed by atoms with Gasteiger partial charge in [0, 0.05) is 16.8 Å². The number of hydrogen-bond donors (Lipinski definition) is 3. The molecule has 3 N–H and O–H groups in total. The Morgan fingerprint density at radius 3 is 2.58 bits per heavy atom. The van der Waals surface area contributed by atoms with Crippen LogP contribution in [0.2, 0.25) is 0 Å². The number of aryl methyl sites for hydroxylation is 1. The van der Waals surface area contributed by atoms with Gasteiger partial charge in [-0.2, -0.15) is 0 Å². The number of benzene rings is 1. The molecule has 4 aromatic rings. The maximum atomic E-state index is 13.5. The van der Waals surface area contributed by atoms with Crippen LogP contribution in [0.4, 0.5) is 0 Å². The molecular formula is C32H37N3O5. The number of nitrogens with one attached hydrogen (secondary N) is 2. The van der Waals surface area contributed by atoms with Crippen LogP contribution < -0.4 is 5.32 Å². The minimum Gasteiger partial charge on any atom is -0.494 e. The molecule has 0 unspecified atom stereocenters. The average molecular weight is 544 g/mol. The molecule has 40 heavy (non-hydrogen) atoms. The van der Waals surface area contributed by atoms with Gasteiger partial charge in [-0.25, -0.2) is 9.78 Å². The molecule has 1 amide bonds. The zero-order valence-electron chi connectivity index (χ0n) is 23.4. The lowest BCUT2D eigenvalue weighted by Gasteiger charge is -2.17. The van der Waals surface area contributed by atoms with E-state index >= 15 is 0 Å². The molecule has 1 aliphatic carbocycles. The van der Waals surface area contributed by atoms with Crippen molar-refractivity contribution in [2.75, 3.05) is 6.61 Å². The summed E-state index contributed by atoms with van der Waals surface area (Å²) in [7, 11) is 0. The van der Waals surface area contributed by atoms with Crippen molar-refractivity contribution >= 4 is 22.8 Å². The number of amides is 1. The molecule has 3 aromatic heterocycles. The van der Waals surface area contributed by atoms with Crippen LogP contribution in [-0.2, 0) is 17.7 Å². The Morgan fingerprint density at radius 2 is 1.93 bits per heavy atom. The van der Waals surface area contributed by atoms with E-state index in [1.807, 2.05) is 26.0 Å². The summed E-state index contributed by atoms with van der Waals surface area (Å²) < 4.78 is 10.8. The highest BCUT2D eigenvalue weighted by molar-refractivity contribution is 6.10. The Kier molecular flexibility index (Phi) is 8.24. The molecule has 1 fully saturated rings. The Balaban J connectivity index is 1.59. The summed E-state index contributed by atoms with van der Waals surface area (Å²) in [6, 6.07) is 10.6. The minimum absolute atomic E-state index is 0.0330. The summed E-state index contributed by atoms with van der Waals surface area (Å²) >= 11 is 0. The molecule has 210 valence electrons. The second kappa shape index (κ2) is 12.0. The van der Waals surface area contributed by atoms with E-state index < -0.39 is 5.97 Å². The molecule has 3 heterocycles. The van der Waals surface area contributed by atoms with Gasteiger partial charge in [0.1, 0.15) is 5.76 Å². The summed E-state index contributed by atoms with van der Waals surface area (Å²) in [5, 5.41) is 14.4. The van der Waals surface area contributed by atoms with Gasteiger partial charge in [0.25, 0.3) is 5.91 Å². The molecule has 0 bridgehead atoms. The molecular weight excluding hydrogens is 506 g/mol. The maximum absolute atomic E-state index is 13.5. The van der Waals surface area contributed by atoms with Crippen LogP contribution in [0, 0.1) is 5.92 Å². The number of esters is 1. The van der Waals surface area contributed by atoms with Gasteiger partial charge in [-0.15, -0.1) is 0 Å². The van der Waals surface area contributed by atoms with Gasteiger partial charge in [0.05, 0.1) is 41.6 Å².